The van der Waals surface area contributed by atoms with Gasteiger partial charge in [-0.15, -0.1) is 0 Å². The van der Waals surface area contributed by atoms with Crippen LogP contribution in [0, 0.1) is 0 Å². The van der Waals surface area contributed by atoms with E-state index in [0.717, 1.165) is 18.7 Å². The van der Waals surface area contributed by atoms with E-state index in [9.17, 15) is 4.79 Å². The largest absolute Gasteiger partial charge is 0.350 e. The molecule has 0 aliphatic carbocycles. The molecule has 3 nitrogen and oxygen atoms in total. The Balaban J connectivity index is 1.66. The monoisotopic (exact) mass is 384 g/mol. The molecule has 1 aliphatic heterocycles. The highest BCUT2D eigenvalue weighted by molar-refractivity contribution is 7.07. The normalized spacial score (nSPS) is 17.3. The van der Waals surface area contributed by atoms with Crippen molar-refractivity contribution in [3.8, 4) is 0 Å². The zero-order chi connectivity index (χ0) is 19.3. The second-order valence-corrected chi connectivity index (χ2v) is 9.34. The molecule has 1 fully saturated rings. The lowest BCUT2D eigenvalue weighted by Gasteiger charge is -2.30. The van der Waals surface area contributed by atoms with Crippen molar-refractivity contribution in [3.05, 3.63) is 57.8 Å². The van der Waals surface area contributed by atoms with E-state index in [2.05, 4.69) is 59.9 Å². The number of likely N-dealkylation sites (tertiary alicyclic amines) is 1. The fourth-order valence-corrected chi connectivity index (χ4v) is 4.45. The van der Waals surface area contributed by atoms with Gasteiger partial charge in [-0.1, -0.05) is 45.7 Å². The third-order valence-corrected chi connectivity index (χ3v) is 6.18. The van der Waals surface area contributed by atoms with Crippen LogP contribution in [0.1, 0.15) is 74.0 Å². The first kappa shape index (κ1) is 20.1. The third kappa shape index (κ3) is 5.43. The van der Waals surface area contributed by atoms with Crippen LogP contribution < -0.4 is 5.32 Å². The average Bonchev–Trinajstić information content (AvgIpc) is 3.04. The first-order valence-corrected chi connectivity index (χ1v) is 11.0. The number of benzene rings is 1. The first-order valence-electron chi connectivity index (χ1n) is 10.1. The van der Waals surface area contributed by atoms with Crippen LogP contribution in [-0.2, 0) is 5.41 Å². The van der Waals surface area contributed by atoms with Crippen molar-refractivity contribution in [2.24, 2.45) is 0 Å². The molecule has 0 spiro atoms. The van der Waals surface area contributed by atoms with Crippen LogP contribution in [0.3, 0.4) is 0 Å². The van der Waals surface area contributed by atoms with Gasteiger partial charge in [-0.25, -0.2) is 0 Å². The molecular weight excluding hydrogens is 352 g/mol. The Kier molecular flexibility index (Phi) is 6.72. The summed E-state index contributed by atoms with van der Waals surface area (Å²) in [5.41, 5.74) is 3.42. The van der Waals surface area contributed by atoms with Gasteiger partial charge >= 0.3 is 0 Å². The van der Waals surface area contributed by atoms with Gasteiger partial charge in [0.05, 0.1) is 6.04 Å². The van der Waals surface area contributed by atoms with Crippen LogP contribution in [0.2, 0.25) is 0 Å². The van der Waals surface area contributed by atoms with Gasteiger partial charge in [0.15, 0.2) is 0 Å². The number of thiophene rings is 1. The maximum absolute atomic E-state index is 12.7. The molecule has 1 saturated heterocycles. The highest BCUT2D eigenvalue weighted by atomic mass is 32.1. The molecule has 146 valence electrons. The summed E-state index contributed by atoms with van der Waals surface area (Å²) in [6.45, 7) is 9.47. The Morgan fingerprint density at radius 1 is 1.07 bits per heavy atom. The third-order valence-electron chi connectivity index (χ3n) is 5.48. The molecule has 0 radical (unpaired) electrons. The van der Waals surface area contributed by atoms with Gasteiger partial charge in [-0.05, 0) is 71.4 Å². The second kappa shape index (κ2) is 9.03. The lowest BCUT2D eigenvalue weighted by molar-refractivity contribution is 0.0933. The van der Waals surface area contributed by atoms with E-state index in [0.29, 0.717) is 6.54 Å². The highest BCUT2D eigenvalue weighted by Crippen LogP contribution is 2.26. The quantitative estimate of drug-likeness (QED) is 0.749. The number of carbonyl (C=O) groups is 1. The maximum Gasteiger partial charge on any atom is 0.251 e. The molecule has 2 aromatic rings. The Hall–Kier alpha value is -1.65. The molecule has 1 amide bonds. The molecule has 1 aliphatic rings. The molecule has 1 N–H and O–H groups in total. The summed E-state index contributed by atoms with van der Waals surface area (Å²) in [7, 11) is 0. The molecule has 27 heavy (non-hydrogen) atoms. The molecular formula is C23H32N2OS. The smallest absolute Gasteiger partial charge is 0.251 e. The Bertz CT molecular complexity index is 708. The summed E-state index contributed by atoms with van der Waals surface area (Å²) in [4.78, 5) is 15.3. The van der Waals surface area contributed by atoms with Crippen molar-refractivity contribution in [3.63, 3.8) is 0 Å². The van der Waals surface area contributed by atoms with Crippen molar-refractivity contribution in [1.29, 1.82) is 0 Å². The minimum atomic E-state index is 0.0190. The first-order chi connectivity index (χ1) is 12.9. The topological polar surface area (TPSA) is 32.3 Å². The molecule has 1 atom stereocenters. The number of amides is 1. The van der Waals surface area contributed by atoms with E-state index < -0.39 is 0 Å². The molecule has 3 rings (SSSR count). The van der Waals surface area contributed by atoms with E-state index >= 15 is 0 Å². The van der Waals surface area contributed by atoms with E-state index in [1.54, 1.807) is 11.3 Å². The molecule has 0 bridgehead atoms. The van der Waals surface area contributed by atoms with E-state index in [1.165, 1.54) is 36.8 Å². The number of nitrogens with one attached hydrogen (secondary N) is 1. The minimum absolute atomic E-state index is 0.0190. The second-order valence-electron chi connectivity index (χ2n) is 8.56. The van der Waals surface area contributed by atoms with Crippen LogP contribution in [0.5, 0.6) is 0 Å². The highest BCUT2D eigenvalue weighted by Gasteiger charge is 2.23. The molecule has 1 unspecified atom stereocenters. The van der Waals surface area contributed by atoms with Crippen molar-refractivity contribution in [2.75, 3.05) is 19.6 Å². The van der Waals surface area contributed by atoms with Gasteiger partial charge in [-0.3, -0.25) is 9.69 Å². The Morgan fingerprint density at radius 2 is 1.74 bits per heavy atom. The van der Waals surface area contributed by atoms with Gasteiger partial charge in [0, 0.05) is 12.1 Å². The van der Waals surface area contributed by atoms with E-state index in [-0.39, 0.29) is 17.4 Å². The summed E-state index contributed by atoms with van der Waals surface area (Å²) in [5.74, 6) is 0.0190. The van der Waals surface area contributed by atoms with Crippen LogP contribution in [0.25, 0.3) is 0 Å². The molecule has 0 saturated carbocycles. The zero-order valence-corrected chi connectivity index (χ0v) is 17.6. The standard InChI is InChI=1S/C23H32N2OS/c1-23(2,3)20-10-8-18(9-11-20)22(26)24-16-21(19-12-15-27-17-19)25-13-6-4-5-7-14-25/h8-12,15,17,21H,4-7,13-14,16H2,1-3H3,(H,24,26). The van der Waals surface area contributed by atoms with Gasteiger partial charge in [0.1, 0.15) is 0 Å². The number of rotatable bonds is 5. The molecule has 2 heterocycles. The number of carbonyl (C=O) groups excluding carboxylic acids is 1. The van der Waals surface area contributed by atoms with Crippen LogP contribution >= 0.6 is 11.3 Å². The van der Waals surface area contributed by atoms with E-state index in [1.807, 2.05) is 12.1 Å². The summed E-state index contributed by atoms with van der Waals surface area (Å²) >= 11 is 1.73. The van der Waals surface area contributed by atoms with Crippen molar-refractivity contribution >= 4 is 17.2 Å². The van der Waals surface area contributed by atoms with Crippen molar-refractivity contribution < 1.29 is 4.79 Å². The summed E-state index contributed by atoms with van der Waals surface area (Å²) in [6, 6.07) is 10.5. The maximum atomic E-state index is 12.7. The Labute approximate surface area is 167 Å². The van der Waals surface area contributed by atoms with Crippen molar-refractivity contribution in [1.82, 2.24) is 10.2 Å². The fraction of sp³-hybridized carbons (Fsp3) is 0.522. The predicted octanol–water partition coefficient (Wildman–Crippen LogP) is 5.39. The lowest BCUT2D eigenvalue weighted by atomic mass is 9.87. The Morgan fingerprint density at radius 3 is 2.30 bits per heavy atom. The van der Waals surface area contributed by atoms with Gasteiger partial charge in [-0.2, -0.15) is 11.3 Å². The molecule has 1 aromatic heterocycles. The molecule has 1 aromatic carbocycles. The van der Waals surface area contributed by atoms with Crippen molar-refractivity contribution in [2.45, 2.75) is 57.9 Å². The minimum Gasteiger partial charge on any atom is -0.350 e. The fourth-order valence-electron chi connectivity index (χ4n) is 3.74. The zero-order valence-electron chi connectivity index (χ0n) is 16.8. The van der Waals surface area contributed by atoms with Gasteiger partial charge in [0.25, 0.3) is 5.91 Å². The summed E-state index contributed by atoms with van der Waals surface area (Å²) in [6.07, 6.45) is 5.14. The number of hydrogen-bond donors (Lipinski definition) is 1. The SMILES string of the molecule is CC(C)(C)c1ccc(C(=O)NCC(c2ccsc2)N2CCCCCC2)cc1. The van der Waals surface area contributed by atoms with Crippen LogP contribution in [-0.4, -0.2) is 30.4 Å². The van der Waals surface area contributed by atoms with Crippen LogP contribution in [0.4, 0.5) is 0 Å². The number of hydrogen-bond acceptors (Lipinski definition) is 3. The van der Waals surface area contributed by atoms with E-state index in [4.69, 9.17) is 0 Å². The average molecular weight is 385 g/mol. The summed E-state index contributed by atoms with van der Waals surface area (Å²) in [5, 5.41) is 7.54. The lowest BCUT2D eigenvalue weighted by Crippen LogP contribution is -2.38. The molecule has 4 heteroatoms. The predicted molar refractivity (Wildman–Crippen MR) is 115 cm³/mol. The van der Waals surface area contributed by atoms with Crippen LogP contribution in [0.15, 0.2) is 41.1 Å². The van der Waals surface area contributed by atoms with Gasteiger partial charge in [0.2, 0.25) is 0 Å². The number of nitrogens with zero attached hydrogens (tertiary/aromatic N) is 1. The summed E-state index contributed by atoms with van der Waals surface area (Å²) < 4.78 is 0. The van der Waals surface area contributed by atoms with Gasteiger partial charge < -0.3 is 5.32 Å².